The number of rotatable bonds is 7. The van der Waals surface area contributed by atoms with E-state index in [4.69, 9.17) is 16.3 Å². The first kappa shape index (κ1) is 18.8. The highest BCUT2D eigenvalue weighted by molar-refractivity contribution is 6.30. The van der Waals surface area contributed by atoms with Crippen LogP contribution in [0.3, 0.4) is 0 Å². The van der Waals surface area contributed by atoms with Crippen molar-refractivity contribution in [2.24, 2.45) is 0 Å². The van der Waals surface area contributed by atoms with E-state index < -0.39 is 0 Å². The minimum atomic E-state index is -0.0721. The third-order valence-corrected chi connectivity index (χ3v) is 4.22. The van der Waals surface area contributed by atoms with Crippen LogP contribution in [0.5, 0.6) is 11.5 Å². The summed E-state index contributed by atoms with van der Waals surface area (Å²) in [7, 11) is 0. The van der Waals surface area contributed by atoms with Crippen LogP contribution in [0.2, 0.25) is 5.02 Å². The third-order valence-electron chi connectivity index (χ3n) is 3.97. The van der Waals surface area contributed by atoms with Crippen molar-refractivity contribution in [2.75, 3.05) is 17.2 Å². The van der Waals surface area contributed by atoms with E-state index in [1.165, 1.54) is 6.92 Å². The molecule has 0 heterocycles. The van der Waals surface area contributed by atoms with Crippen LogP contribution in [-0.4, -0.2) is 12.5 Å². The summed E-state index contributed by atoms with van der Waals surface area (Å²) in [5, 5.41) is 6.95. The number of nitrogens with one attached hydrogen (secondary N) is 2. The zero-order valence-electron chi connectivity index (χ0n) is 15.0. The van der Waals surface area contributed by atoms with Crippen LogP contribution < -0.4 is 15.4 Å². The molecule has 3 rings (SSSR count). The second-order valence-electron chi connectivity index (χ2n) is 6.07. The van der Waals surface area contributed by atoms with E-state index in [0.29, 0.717) is 11.6 Å². The summed E-state index contributed by atoms with van der Waals surface area (Å²) in [4.78, 5) is 11.3. The zero-order valence-corrected chi connectivity index (χ0v) is 15.8. The highest BCUT2D eigenvalue weighted by atomic mass is 35.5. The lowest BCUT2D eigenvalue weighted by atomic mass is 10.1. The fourth-order valence-corrected chi connectivity index (χ4v) is 2.84. The van der Waals surface area contributed by atoms with Crippen LogP contribution in [0, 0.1) is 0 Å². The number of para-hydroxylation sites is 3. The van der Waals surface area contributed by atoms with Crippen molar-refractivity contribution in [1.82, 2.24) is 0 Å². The molecule has 0 fully saturated rings. The van der Waals surface area contributed by atoms with Gasteiger partial charge in [-0.25, -0.2) is 0 Å². The summed E-state index contributed by atoms with van der Waals surface area (Å²) in [6.07, 6.45) is 0.770. The molecule has 0 aliphatic rings. The minimum absolute atomic E-state index is 0.0721. The molecule has 4 nitrogen and oxygen atoms in total. The molecule has 0 aliphatic carbocycles. The van der Waals surface area contributed by atoms with Crippen molar-refractivity contribution >= 4 is 28.9 Å². The molecule has 0 aliphatic heterocycles. The van der Waals surface area contributed by atoms with Crippen LogP contribution in [0.15, 0.2) is 72.8 Å². The Balaban J connectivity index is 1.65. The summed E-state index contributed by atoms with van der Waals surface area (Å²) >= 11 is 5.92. The molecule has 3 aromatic carbocycles. The highest BCUT2D eigenvalue weighted by Crippen LogP contribution is 2.30. The number of hydrogen-bond donors (Lipinski definition) is 2. The number of anilines is 2. The summed E-state index contributed by atoms with van der Waals surface area (Å²) < 4.78 is 5.97. The Hall–Kier alpha value is -2.98. The molecule has 2 N–H and O–H groups in total. The molecule has 0 atom stereocenters. The van der Waals surface area contributed by atoms with Gasteiger partial charge in [0.05, 0.1) is 5.69 Å². The second-order valence-corrected chi connectivity index (χ2v) is 6.50. The molecule has 0 radical (unpaired) electrons. The predicted octanol–water partition coefficient (Wildman–Crippen LogP) is 5.75. The molecule has 138 valence electrons. The zero-order chi connectivity index (χ0) is 19.1. The standard InChI is InChI=1S/C22H21ClN2O2/c1-16(26)25-20-7-3-2-6-17(20)14-15-24-21-8-4-5-9-22(21)27-19-12-10-18(23)11-13-19/h2-13,24H,14-15H2,1H3,(H,25,26). The van der Waals surface area contributed by atoms with Crippen molar-refractivity contribution in [3.63, 3.8) is 0 Å². The molecule has 0 saturated heterocycles. The van der Waals surface area contributed by atoms with Gasteiger partial charge in [0.15, 0.2) is 5.75 Å². The molecule has 0 unspecified atom stereocenters. The molecule has 0 bridgehead atoms. The Morgan fingerprint density at radius 2 is 1.59 bits per heavy atom. The van der Waals surface area contributed by atoms with Crippen LogP contribution in [0.4, 0.5) is 11.4 Å². The summed E-state index contributed by atoms with van der Waals surface area (Å²) in [5.74, 6) is 1.40. The lowest BCUT2D eigenvalue weighted by Gasteiger charge is -2.14. The lowest BCUT2D eigenvalue weighted by molar-refractivity contribution is -0.114. The van der Waals surface area contributed by atoms with Gasteiger partial charge in [-0.1, -0.05) is 41.9 Å². The average molecular weight is 381 g/mol. The first-order chi connectivity index (χ1) is 13.1. The normalized spacial score (nSPS) is 10.3. The Bertz CT molecular complexity index is 910. The van der Waals surface area contributed by atoms with Crippen LogP contribution in [-0.2, 0) is 11.2 Å². The van der Waals surface area contributed by atoms with Gasteiger partial charge in [-0.05, 0) is 54.4 Å². The average Bonchev–Trinajstić information content (AvgIpc) is 2.66. The Labute approximate surface area is 164 Å². The fraction of sp³-hybridized carbons (Fsp3) is 0.136. The van der Waals surface area contributed by atoms with Crippen molar-refractivity contribution in [1.29, 1.82) is 0 Å². The Morgan fingerprint density at radius 3 is 2.33 bits per heavy atom. The lowest BCUT2D eigenvalue weighted by Crippen LogP contribution is -2.11. The summed E-state index contributed by atoms with van der Waals surface area (Å²) in [6, 6.07) is 22.9. The van der Waals surface area contributed by atoms with Crippen LogP contribution >= 0.6 is 11.6 Å². The number of hydrogen-bond acceptors (Lipinski definition) is 3. The number of amides is 1. The van der Waals surface area contributed by atoms with Gasteiger partial charge >= 0.3 is 0 Å². The monoisotopic (exact) mass is 380 g/mol. The van der Waals surface area contributed by atoms with Gasteiger partial charge < -0.3 is 15.4 Å². The van der Waals surface area contributed by atoms with E-state index in [0.717, 1.165) is 34.9 Å². The van der Waals surface area contributed by atoms with Gasteiger partial charge in [0, 0.05) is 24.2 Å². The third kappa shape index (κ3) is 5.50. The van der Waals surface area contributed by atoms with E-state index in [-0.39, 0.29) is 5.91 Å². The van der Waals surface area contributed by atoms with Crippen molar-refractivity contribution in [3.05, 3.63) is 83.4 Å². The van der Waals surface area contributed by atoms with E-state index in [2.05, 4.69) is 10.6 Å². The van der Waals surface area contributed by atoms with Gasteiger partial charge in [0.25, 0.3) is 0 Å². The quantitative estimate of drug-likeness (QED) is 0.549. The predicted molar refractivity (Wildman–Crippen MR) is 111 cm³/mol. The largest absolute Gasteiger partial charge is 0.455 e. The molecule has 27 heavy (non-hydrogen) atoms. The molecule has 0 aromatic heterocycles. The number of halogens is 1. The first-order valence-corrected chi connectivity index (χ1v) is 9.11. The number of carbonyl (C=O) groups is 1. The molecule has 5 heteroatoms. The van der Waals surface area contributed by atoms with Crippen molar-refractivity contribution in [3.8, 4) is 11.5 Å². The molecule has 3 aromatic rings. The molecular formula is C22H21ClN2O2. The van der Waals surface area contributed by atoms with E-state index in [1.807, 2.05) is 60.7 Å². The summed E-state index contributed by atoms with van der Waals surface area (Å²) in [5.41, 5.74) is 2.83. The number of ether oxygens (including phenoxy) is 1. The maximum absolute atomic E-state index is 11.3. The van der Waals surface area contributed by atoms with E-state index >= 15 is 0 Å². The van der Waals surface area contributed by atoms with Gasteiger partial charge in [0.2, 0.25) is 5.91 Å². The minimum Gasteiger partial charge on any atom is -0.455 e. The molecule has 1 amide bonds. The van der Waals surface area contributed by atoms with Crippen LogP contribution in [0.25, 0.3) is 0 Å². The molecular weight excluding hydrogens is 360 g/mol. The first-order valence-electron chi connectivity index (χ1n) is 8.73. The van der Waals surface area contributed by atoms with Crippen molar-refractivity contribution < 1.29 is 9.53 Å². The smallest absolute Gasteiger partial charge is 0.221 e. The number of benzene rings is 3. The van der Waals surface area contributed by atoms with Crippen molar-refractivity contribution in [2.45, 2.75) is 13.3 Å². The van der Waals surface area contributed by atoms with Gasteiger partial charge in [0.1, 0.15) is 5.75 Å². The van der Waals surface area contributed by atoms with Gasteiger partial charge in [-0.2, -0.15) is 0 Å². The molecule has 0 spiro atoms. The topological polar surface area (TPSA) is 50.4 Å². The maximum Gasteiger partial charge on any atom is 0.221 e. The van der Waals surface area contributed by atoms with E-state index in [9.17, 15) is 4.79 Å². The number of carbonyl (C=O) groups excluding carboxylic acids is 1. The fourth-order valence-electron chi connectivity index (χ4n) is 2.71. The van der Waals surface area contributed by atoms with Gasteiger partial charge in [-0.3, -0.25) is 4.79 Å². The van der Waals surface area contributed by atoms with Crippen LogP contribution in [0.1, 0.15) is 12.5 Å². The Kier molecular flexibility index (Phi) is 6.34. The SMILES string of the molecule is CC(=O)Nc1ccccc1CCNc1ccccc1Oc1ccc(Cl)cc1. The van der Waals surface area contributed by atoms with E-state index in [1.54, 1.807) is 12.1 Å². The highest BCUT2D eigenvalue weighted by Gasteiger charge is 2.06. The maximum atomic E-state index is 11.3. The Morgan fingerprint density at radius 1 is 0.926 bits per heavy atom. The second kappa shape index (κ2) is 9.10. The molecule has 0 saturated carbocycles. The summed E-state index contributed by atoms with van der Waals surface area (Å²) in [6.45, 7) is 2.22. The van der Waals surface area contributed by atoms with Gasteiger partial charge in [-0.15, -0.1) is 0 Å².